The van der Waals surface area contributed by atoms with Crippen molar-refractivity contribution in [3.05, 3.63) is 39.8 Å². The highest BCUT2D eigenvalue weighted by Gasteiger charge is 2.05. The van der Waals surface area contributed by atoms with E-state index in [9.17, 15) is 4.91 Å². The van der Waals surface area contributed by atoms with Crippen molar-refractivity contribution in [3.63, 3.8) is 0 Å². The molecule has 0 amide bonds. The molecule has 1 atom stereocenters. The van der Waals surface area contributed by atoms with E-state index in [0.717, 1.165) is 0 Å². The van der Waals surface area contributed by atoms with E-state index in [1.54, 1.807) is 24.3 Å². The summed E-state index contributed by atoms with van der Waals surface area (Å²) in [5.41, 5.74) is -0.154. The number of hydrogen-bond acceptors (Lipinski definition) is 2. The van der Waals surface area contributed by atoms with Gasteiger partial charge in [-0.1, -0.05) is 35.3 Å². The molecule has 0 saturated heterocycles. The predicted molar refractivity (Wildman–Crippen MR) is 45.8 cm³/mol. The van der Waals surface area contributed by atoms with E-state index in [1.807, 2.05) is 0 Å². The molecule has 1 rings (SSSR count). The van der Waals surface area contributed by atoms with E-state index < -0.39 is 5.50 Å². The molecule has 4 heteroatoms. The third kappa shape index (κ3) is 2.17. The Labute approximate surface area is 74.1 Å². The number of halogens is 2. The van der Waals surface area contributed by atoms with E-state index >= 15 is 0 Å². The minimum Gasteiger partial charge on any atom is -0.149 e. The van der Waals surface area contributed by atoms with Gasteiger partial charge in [0.05, 0.1) is 0 Å². The maximum absolute atomic E-state index is 9.98. The lowest BCUT2D eigenvalue weighted by molar-refractivity contribution is 1.00. The fourth-order valence-electron chi connectivity index (χ4n) is 0.682. The normalized spacial score (nSPS) is 12.5. The zero-order valence-electron chi connectivity index (χ0n) is 5.50. The van der Waals surface area contributed by atoms with Crippen LogP contribution in [0.1, 0.15) is 11.1 Å². The van der Waals surface area contributed by atoms with Crippen molar-refractivity contribution in [2.75, 3.05) is 0 Å². The monoisotopic (exact) mass is 189 g/mol. The Hall–Kier alpha value is -0.600. The predicted octanol–water partition coefficient (Wildman–Crippen LogP) is 3.34. The summed E-state index contributed by atoms with van der Waals surface area (Å²) in [6.45, 7) is 0. The molecule has 0 aromatic heterocycles. The average Bonchev–Trinajstić information content (AvgIpc) is 2.05. The van der Waals surface area contributed by atoms with E-state index in [4.69, 9.17) is 23.2 Å². The van der Waals surface area contributed by atoms with Gasteiger partial charge in [-0.05, 0) is 22.9 Å². The van der Waals surface area contributed by atoms with Crippen LogP contribution in [0, 0.1) is 4.91 Å². The molecule has 0 heterocycles. The zero-order valence-corrected chi connectivity index (χ0v) is 7.01. The SMILES string of the molecule is O=NC(Cl)c1ccc(Cl)cc1. The van der Waals surface area contributed by atoms with E-state index in [2.05, 4.69) is 5.18 Å². The van der Waals surface area contributed by atoms with Crippen molar-refractivity contribution in [1.82, 2.24) is 0 Å². The van der Waals surface area contributed by atoms with Gasteiger partial charge in [0.1, 0.15) is 0 Å². The largest absolute Gasteiger partial charge is 0.190 e. The first-order valence-corrected chi connectivity index (χ1v) is 3.77. The summed E-state index contributed by atoms with van der Waals surface area (Å²) in [5.74, 6) is 0. The highest BCUT2D eigenvalue weighted by Crippen LogP contribution is 2.22. The van der Waals surface area contributed by atoms with Gasteiger partial charge in [0.15, 0.2) is 5.50 Å². The Morgan fingerprint density at radius 2 is 1.82 bits per heavy atom. The van der Waals surface area contributed by atoms with Crippen LogP contribution in [0.2, 0.25) is 5.02 Å². The van der Waals surface area contributed by atoms with Crippen LogP contribution in [0.25, 0.3) is 0 Å². The molecule has 1 unspecified atom stereocenters. The summed E-state index contributed by atoms with van der Waals surface area (Å²) in [6.07, 6.45) is 0. The lowest BCUT2D eigenvalue weighted by Gasteiger charge is -1.98. The summed E-state index contributed by atoms with van der Waals surface area (Å²) in [6, 6.07) is 6.66. The Morgan fingerprint density at radius 3 is 2.27 bits per heavy atom. The lowest BCUT2D eigenvalue weighted by Crippen LogP contribution is -1.83. The van der Waals surface area contributed by atoms with Gasteiger partial charge in [-0.2, -0.15) is 0 Å². The lowest BCUT2D eigenvalue weighted by atomic mass is 10.2. The summed E-state index contributed by atoms with van der Waals surface area (Å²) in [7, 11) is 0. The van der Waals surface area contributed by atoms with Gasteiger partial charge >= 0.3 is 0 Å². The molecule has 1 aromatic carbocycles. The van der Waals surface area contributed by atoms with Crippen LogP contribution >= 0.6 is 23.2 Å². The minimum atomic E-state index is -0.813. The number of hydrogen-bond donors (Lipinski definition) is 0. The summed E-state index contributed by atoms with van der Waals surface area (Å²) in [5, 5.41) is 3.28. The molecule has 11 heavy (non-hydrogen) atoms. The van der Waals surface area contributed by atoms with Crippen molar-refractivity contribution < 1.29 is 0 Å². The van der Waals surface area contributed by atoms with Gasteiger partial charge in [0, 0.05) is 5.02 Å². The molecule has 58 valence electrons. The standard InChI is InChI=1S/C7H5Cl2NO/c8-6-3-1-5(2-4-6)7(9)10-11/h1-4,7H. The molecular weight excluding hydrogens is 185 g/mol. The second-order valence-corrected chi connectivity index (χ2v) is 2.84. The fourth-order valence-corrected chi connectivity index (χ4v) is 0.954. The molecule has 0 aliphatic rings. The maximum atomic E-state index is 9.98. The van der Waals surface area contributed by atoms with Crippen molar-refractivity contribution in [3.8, 4) is 0 Å². The second kappa shape index (κ2) is 3.69. The Balaban J connectivity index is 2.89. The van der Waals surface area contributed by atoms with Crippen LogP contribution in [0.4, 0.5) is 0 Å². The molecule has 0 bridgehead atoms. The van der Waals surface area contributed by atoms with Gasteiger partial charge in [0.2, 0.25) is 0 Å². The first-order chi connectivity index (χ1) is 5.24. The highest BCUT2D eigenvalue weighted by molar-refractivity contribution is 6.30. The van der Waals surface area contributed by atoms with E-state index in [0.29, 0.717) is 10.6 Å². The summed E-state index contributed by atoms with van der Waals surface area (Å²) < 4.78 is 0. The molecular formula is C7H5Cl2NO. The summed E-state index contributed by atoms with van der Waals surface area (Å²) >= 11 is 11.1. The molecule has 0 spiro atoms. The smallest absolute Gasteiger partial charge is 0.149 e. The van der Waals surface area contributed by atoms with Crippen LogP contribution in [0.3, 0.4) is 0 Å². The first kappa shape index (κ1) is 8.50. The fraction of sp³-hybridized carbons (Fsp3) is 0.143. The van der Waals surface area contributed by atoms with Crippen LogP contribution < -0.4 is 0 Å². The number of benzene rings is 1. The third-order valence-corrected chi connectivity index (χ3v) is 1.82. The number of alkyl halides is 1. The molecule has 2 nitrogen and oxygen atoms in total. The van der Waals surface area contributed by atoms with Crippen LogP contribution in [-0.4, -0.2) is 0 Å². The molecule has 0 N–H and O–H groups in total. The summed E-state index contributed by atoms with van der Waals surface area (Å²) in [4.78, 5) is 9.98. The van der Waals surface area contributed by atoms with Crippen molar-refractivity contribution in [2.24, 2.45) is 5.18 Å². The van der Waals surface area contributed by atoms with E-state index in [-0.39, 0.29) is 0 Å². The van der Waals surface area contributed by atoms with Gasteiger partial charge in [-0.15, -0.1) is 4.91 Å². The molecule has 0 fully saturated rings. The Morgan fingerprint density at radius 1 is 1.27 bits per heavy atom. The van der Waals surface area contributed by atoms with Gasteiger partial charge in [0.25, 0.3) is 0 Å². The Bertz CT molecular complexity index is 247. The highest BCUT2D eigenvalue weighted by atomic mass is 35.5. The van der Waals surface area contributed by atoms with Crippen LogP contribution in [0.5, 0.6) is 0 Å². The zero-order chi connectivity index (χ0) is 8.27. The van der Waals surface area contributed by atoms with Crippen molar-refractivity contribution >= 4 is 23.2 Å². The molecule has 0 aliphatic heterocycles. The Kier molecular flexibility index (Phi) is 2.85. The first-order valence-electron chi connectivity index (χ1n) is 2.96. The average molecular weight is 190 g/mol. The van der Waals surface area contributed by atoms with E-state index in [1.165, 1.54) is 0 Å². The van der Waals surface area contributed by atoms with Gasteiger partial charge in [-0.25, -0.2) is 0 Å². The number of nitroso groups, excluding NO2 is 1. The molecule has 0 aliphatic carbocycles. The van der Waals surface area contributed by atoms with Crippen LogP contribution in [-0.2, 0) is 0 Å². The van der Waals surface area contributed by atoms with Crippen molar-refractivity contribution in [2.45, 2.75) is 5.50 Å². The number of rotatable bonds is 2. The van der Waals surface area contributed by atoms with Gasteiger partial charge < -0.3 is 0 Å². The maximum Gasteiger partial charge on any atom is 0.190 e. The van der Waals surface area contributed by atoms with Crippen LogP contribution in [0.15, 0.2) is 29.4 Å². The second-order valence-electron chi connectivity index (χ2n) is 1.99. The number of nitrogens with zero attached hydrogens (tertiary/aromatic N) is 1. The molecule has 0 saturated carbocycles. The van der Waals surface area contributed by atoms with Gasteiger partial charge in [-0.3, -0.25) is 0 Å². The van der Waals surface area contributed by atoms with Crippen molar-refractivity contribution in [1.29, 1.82) is 0 Å². The molecule has 0 radical (unpaired) electrons. The molecule has 1 aromatic rings. The topological polar surface area (TPSA) is 29.4 Å². The minimum absolute atomic E-state index is 0.614. The quantitative estimate of drug-likeness (QED) is 0.399. The third-order valence-electron chi connectivity index (χ3n) is 1.24.